The second kappa shape index (κ2) is 7.03. The molecule has 1 saturated carbocycles. The van der Waals surface area contributed by atoms with Crippen molar-refractivity contribution in [3.63, 3.8) is 0 Å². The first-order valence-electron chi connectivity index (χ1n) is 9.59. The van der Waals surface area contributed by atoms with Gasteiger partial charge in [0.15, 0.2) is 5.67 Å². The number of rotatable bonds is 5. The molecule has 156 valence electrons. The van der Waals surface area contributed by atoms with Crippen LogP contribution in [0.2, 0.25) is 0 Å². The molecule has 0 amide bonds. The summed E-state index contributed by atoms with van der Waals surface area (Å²) in [5.74, 6) is -1.39. The van der Waals surface area contributed by atoms with Crippen LogP contribution in [0.5, 0.6) is 0 Å². The predicted molar refractivity (Wildman–Crippen MR) is 103 cm³/mol. The lowest BCUT2D eigenvalue weighted by atomic mass is 9.99. The van der Waals surface area contributed by atoms with Crippen molar-refractivity contribution in [1.29, 1.82) is 0 Å². The molecule has 4 rings (SSSR count). The molecule has 10 heteroatoms. The summed E-state index contributed by atoms with van der Waals surface area (Å²) in [5, 5.41) is 13.4. The minimum absolute atomic E-state index is 0.0124. The van der Waals surface area contributed by atoms with E-state index < -0.39 is 23.2 Å². The summed E-state index contributed by atoms with van der Waals surface area (Å²) in [6.07, 6.45) is 3.40. The molecule has 9 nitrogen and oxygen atoms in total. The molecule has 29 heavy (non-hydrogen) atoms. The number of pyridine rings is 1. The largest absolute Gasteiger partial charge is 0.477 e. The number of carboxylic acids is 1. The van der Waals surface area contributed by atoms with Gasteiger partial charge in [0.1, 0.15) is 24.3 Å². The van der Waals surface area contributed by atoms with E-state index in [0.29, 0.717) is 25.1 Å². The molecule has 3 aliphatic rings. The molecule has 2 aliphatic heterocycles. The molecule has 0 spiro atoms. The molecule has 3 heterocycles. The predicted octanol–water partition coefficient (Wildman–Crippen LogP) is -0.758. The highest BCUT2D eigenvalue weighted by Crippen LogP contribution is 2.34. The molecule has 1 saturated heterocycles. The highest BCUT2D eigenvalue weighted by molar-refractivity contribution is 5.90. The first-order valence-corrected chi connectivity index (χ1v) is 9.59. The summed E-state index contributed by atoms with van der Waals surface area (Å²) in [7, 11) is 1.45. The summed E-state index contributed by atoms with van der Waals surface area (Å²) < 4.78 is 17.4. The van der Waals surface area contributed by atoms with Gasteiger partial charge in [-0.3, -0.25) is 9.69 Å². The van der Waals surface area contributed by atoms with E-state index in [1.54, 1.807) is 4.57 Å². The molecule has 1 aromatic heterocycles. The maximum absolute atomic E-state index is 15.7. The maximum Gasteiger partial charge on any atom is 0.341 e. The molecule has 3 N–H and O–H groups in total. The van der Waals surface area contributed by atoms with Gasteiger partial charge in [0, 0.05) is 37.8 Å². The molecule has 0 aromatic carbocycles. The van der Waals surface area contributed by atoms with Gasteiger partial charge in [-0.2, -0.15) is 0 Å². The van der Waals surface area contributed by atoms with Gasteiger partial charge in [-0.05, 0) is 25.8 Å². The van der Waals surface area contributed by atoms with Gasteiger partial charge < -0.3 is 20.2 Å². The number of carbonyl (C=O) groups is 1. The zero-order valence-electron chi connectivity index (χ0n) is 16.3. The van der Waals surface area contributed by atoms with Crippen molar-refractivity contribution in [2.75, 3.05) is 26.7 Å². The molecule has 3 unspecified atom stereocenters. The van der Waals surface area contributed by atoms with Crippen LogP contribution in [0.15, 0.2) is 21.1 Å². The SMILES string of the molecule is CO/N=C1\CN(C2N=c3c(c(=O)c(C(=O)O)cn3C3CC3)=CC2(C)F)CC1CN. The Kier molecular flexibility index (Phi) is 4.78. The Hall–Kier alpha value is -2.59. The number of fused-ring (bicyclic) bond motifs is 1. The number of oxime groups is 1. The number of halogens is 1. The van der Waals surface area contributed by atoms with Crippen LogP contribution in [-0.2, 0) is 4.84 Å². The fourth-order valence-electron chi connectivity index (χ4n) is 4.14. The number of hydrogen-bond donors (Lipinski definition) is 2. The number of hydrogen-bond acceptors (Lipinski definition) is 7. The first kappa shape index (κ1) is 19.7. The van der Waals surface area contributed by atoms with E-state index in [2.05, 4.69) is 10.1 Å². The van der Waals surface area contributed by atoms with Crippen LogP contribution >= 0.6 is 0 Å². The number of nitrogens with zero attached hydrogens (tertiary/aromatic N) is 4. The number of aromatic nitrogens is 1. The minimum atomic E-state index is -1.97. The molecule has 1 aromatic rings. The van der Waals surface area contributed by atoms with Gasteiger partial charge in [-0.1, -0.05) is 5.16 Å². The molecule has 1 aliphatic carbocycles. The third kappa shape index (κ3) is 3.36. The molecule has 0 bridgehead atoms. The van der Waals surface area contributed by atoms with Crippen LogP contribution in [0.3, 0.4) is 0 Å². The molecular weight excluding hydrogens is 381 g/mol. The second-order valence-corrected chi connectivity index (χ2v) is 7.98. The van der Waals surface area contributed by atoms with Crippen LogP contribution in [0.25, 0.3) is 6.08 Å². The van der Waals surface area contributed by atoms with Crippen molar-refractivity contribution >= 4 is 17.8 Å². The Morgan fingerprint density at radius 3 is 2.83 bits per heavy atom. The second-order valence-electron chi connectivity index (χ2n) is 7.98. The van der Waals surface area contributed by atoms with Gasteiger partial charge in [-0.25, -0.2) is 14.2 Å². The quantitative estimate of drug-likeness (QED) is 0.621. The van der Waals surface area contributed by atoms with E-state index >= 15 is 4.39 Å². The Labute approximate surface area is 166 Å². The van der Waals surface area contributed by atoms with Gasteiger partial charge in [-0.15, -0.1) is 0 Å². The van der Waals surface area contributed by atoms with E-state index in [1.807, 2.05) is 4.90 Å². The van der Waals surface area contributed by atoms with E-state index in [-0.39, 0.29) is 22.7 Å². The number of likely N-dealkylation sites (tertiary alicyclic amines) is 1. The van der Waals surface area contributed by atoms with Crippen LogP contribution < -0.4 is 21.9 Å². The standard InChI is InChI=1S/C19H24FN5O4/c1-19(20)5-12-15(26)13(17(27)28)8-25(11-3-4-11)16(12)22-18(19)24-7-10(6-21)14(9-24)23-29-2/h5,8,10-11,18H,3-4,6-7,9,21H2,1-2H3,(H,27,28)/b23-14+. The van der Waals surface area contributed by atoms with E-state index in [0.717, 1.165) is 18.6 Å². The fourth-order valence-corrected chi connectivity index (χ4v) is 4.14. The lowest BCUT2D eigenvalue weighted by molar-refractivity contribution is 0.0693. The topological polar surface area (TPSA) is 123 Å². The smallest absolute Gasteiger partial charge is 0.341 e. The summed E-state index contributed by atoms with van der Waals surface area (Å²) in [6.45, 7) is 2.52. The minimum Gasteiger partial charge on any atom is -0.477 e. The molecule has 3 atom stereocenters. The average Bonchev–Trinajstić information content (AvgIpc) is 3.42. The van der Waals surface area contributed by atoms with Gasteiger partial charge in [0.05, 0.1) is 10.9 Å². The van der Waals surface area contributed by atoms with Crippen molar-refractivity contribution in [3.8, 4) is 0 Å². The monoisotopic (exact) mass is 405 g/mol. The maximum atomic E-state index is 15.7. The van der Waals surface area contributed by atoms with Crippen LogP contribution in [0.4, 0.5) is 4.39 Å². The number of alkyl halides is 1. The summed E-state index contributed by atoms with van der Waals surface area (Å²) in [4.78, 5) is 35.5. The highest BCUT2D eigenvalue weighted by Gasteiger charge is 2.44. The average molecular weight is 405 g/mol. The van der Waals surface area contributed by atoms with Crippen LogP contribution in [0, 0.1) is 5.92 Å². The van der Waals surface area contributed by atoms with Crippen LogP contribution in [0.1, 0.15) is 36.2 Å². The molecular formula is C19H24FN5O4. The summed E-state index contributed by atoms with van der Waals surface area (Å²) >= 11 is 0. The van der Waals surface area contributed by atoms with Crippen molar-refractivity contribution in [1.82, 2.24) is 9.47 Å². The van der Waals surface area contributed by atoms with E-state index in [9.17, 15) is 14.7 Å². The molecule has 2 fully saturated rings. The Balaban J connectivity index is 1.86. The Bertz CT molecular complexity index is 1060. The summed E-state index contributed by atoms with van der Waals surface area (Å²) in [5.41, 5.74) is 3.86. The number of aromatic carboxylic acids is 1. The third-order valence-electron chi connectivity index (χ3n) is 5.72. The normalized spacial score (nSPS) is 30.6. The Morgan fingerprint density at radius 2 is 2.24 bits per heavy atom. The van der Waals surface area contributed by atoms with Gasteiger partial charge >= 0.3 is 5.97 Å². The lowest BCUT2D eigenvalue weighted by Crippen LogP contribution is -2.58. The summed E-state index contributed by atoms with van der Waals surface area (Å²) in [6, 6.07) is 0.0743. The van der Waals surface area contributed by atoms with E-state index in [1.165, 1.54) is 26.3 Å². The lowest BCUT2D eigenvalue weighted by Gasteiger charge is -2.34. The molecule has 0 radical (unpaired) electrons. The third-order valence-corrected chi connectivity index (χ3v) is 5.72. The number of carboxylic acid groups (broad SMARTS) is 1. The zero-order chi connectivity index (χ0) is 20.9. The van der Waals surface area contributed by atoms with Gasteiger partial charge in [0.25, 0.3) is 0 Å². The fraction of sp³-hybridized carbons (Fsp3) is 0.579. The Morgan fingerprint density at radius 1 is 1.52 bits per heavy atom. The van der Waals surface area contributed by atoms with Crippen molar-refractivity contribution < 1.29 is 19.1 Å². The van der Waals surface area contributed by atoms with Crippen molar-refractivity contribution in [2.45, 2.75) is 37.6 Å². The van der Waals surface area contributed by atoms with E-state index in [4.69, 9.17) is 10.6 Å². The zero-order valence-corrected chi connectivity index (χ0v) is 16.3. The van der Waals surface area contributed by atoms with Crippen molar-refractivity contribution in [2.24, 2.45) is 21.8 Å². The highest BCUT2D eigenvalue weighted by atomic mass is 19.1. The number of nitrogens with two attached hydrogens (primary N) is 1. The van der Waals surface area contributed by atoms with Gasteiger partial charge in [0.2, 0.25) is 5.43 Å². The van der Waals surface area contributed by atoms with Crippen LogP contribution in [-0.4, -0.2) is 64.8 Å². The van der Waals surface area contributed by atoms with Crippen molar-refractivity contribution in [3.05, 3.63) is 32.7 Å². The first-order chi connectivity index (χ1) is 13.8.